The summed E-state index contributed by atoms with van der Waals surface area (Å²) in [5, 5.41) is 72.6. The molecule has 11 unspecified atom stereocenters. The molecule has 0 bridgehead atoms. The molecule has 0 aromatic heterocycles. The number of aliphatic hydroxyl groups excluding tert-OH is 7. The lowest BCUT2D eigenvalue weighted by Crippen LogP contribution is -2.61. The summed E-state index contributed by atoms with van der Waals surface area (Å²) < 4.78 is 34.5. The molecule has 2 fully saturated rings. The van der Waals surface area contributed by atoms with Crippen LogP contribution in [0.3, 0.4) is 0 Å². The molecular formula is C67H124O14. The average molecular weight is 1150 g/mol. The highest BCUT2D eigenvalue weighted by molar-refractivity contribution is 5.69. The number of carbonyl (C=O) groups excluding carboxylic acids is 1. The lowest BCUT2D eigenvalue weighted by Gasteiger charge is -2.42. The SMILES string of the molecule is CCCCCCC/C=C\C/C=C\C/C=C\CCCCCCCCCCCCC(=O)OC(COCCCCCCCCCCCCCCCCCCCCCCCC)COC1OC(COC2OC(CO)C(O)C(O)C2O)C(O)C(O)C1O. The third kappa shape index (κ3) is 39.5. The number of hydrogen-bond acceptors (Lipinski definition) is 14. The fourth-order valence-corrected chi connectivity index (χ4v) is 10.8. The molecule has 0 aromatic rings. The summed E-state index contributed by atoms with van der Waals surface area (Å²) in [6.45, 7) is 3.74. The Morgan fingerprint density at radius 2 is 0.765 bits per heavy atom. The normalized spacial score (nSPS) is 23.9. The standard InChI is InChI=1S/C67H124O14/c1-3-5-7-9-11-13-15-17-19-21-23-25-27-28-29-30-32-34-36-38-40-42-44-46-48-50-59(69)79-56(53-76-51-49-47-45-43-41-39-37-35-33-31-26-24-22-20-18-16-14-12-10-8-6-4-2)54-77-66-65(75)63(73)61(71)58(81-66)55-78-67-64(74)62(72)60(70)57(52-68)80-67/h15,17,21,23,27-28,56-58,60-68,70-75H,3-14,16,18-20,22,24-26,29-55H2,1-2H3/b17-15-,23-21-,28-27-. The van der Waals surface area contributed by atoms with Gasteiger partial charge >= 0.3 is 5.97 Å². The minimum Gasteiger partial charge on any atom is -0.457 e. The van der Waals surface area contributed by atoms with Crippen LogP contribution in [0.2, 0.25) is 0 Å². The third-order valence-electron chi connectivity index (χ3n) is 16.2. The predicted octanol–water partition coefficient (Wildman–Crippen LogP) is 13.6. The van der Waals surface area contributed by atoms with Gasteiger partial charge in [-0.1, -0.05) is 262 Å². The van der Waals surface area contributed by atoms with Gasteiger partial charge in [0.25, 0.3) is 0 Å². The van der Waals surface area contributed by atoms with E-state index in [9.17, 15) is 40.5 Å². The van der Waals surface area contributed by atoms with Gasteiger partial charge in [-0.3, -0.25) is 4.79 Å². The lowest BCUT2D eigenvalue weighted by atomic mass is 9.98. The summed E-state index contributed by atoms with van der Waals surface area (Å²) >= 11 is 0. The van der Waals surface area contributed by atoms with Crippen LogP contribution in [0.25, 0.3) is 0 Å². The fraction of sp³-hybridized carbons (Fsp3) is 0.896. The predicted molar refractivity (Wildman–Crippen MR) is 326 cm³/mol. The van der Waals surface area contributed by atoms with E-state index in [1.54, 1.807) is 0 Å². The molecule has 81 heavy (non-hydrogen) atoms. The molecule has 11 atom stereocenters. The van der Waals surface area contributed by atoms with Gasteiger partial charge in [-0.25, -0.2) is 0 Å². The molecule has 7 N–H and O–H groups in total. The first-order valence-electron chi connectivity index (χ1n) is 33.6. The number of unbranched alkanes of at least 4 members (excludes halogenated alkanes) is 36. The van der Waals surface area contributed by atoms with Gasteiger partial charge in [0.1, 0.15) is 54.9 Å². The van der Waals surface area contributed by atoms with E-state index in [1.165, 1.54) is 199 Å². The van der Waals surface area contributed by atoms with E-state index >= 15 is 0 Å². The number of ether oxygens (including phenoxy) is 6. The van der Waals surface area contributed by atoms with Gasteiger partial charge in [0.15, 0.2) is 12.6 Å². The monoisotopic (exact) mass is 1150 g/mol. The number of rotatable bonds is 56. The Morgan fingerprint density at radius 3 is 1.20 bits per heavy atom. The van der Waals surface area contributed by atoms with Crippen LogP contribution >= 0.6 is 0 Å². The van der Waals surface area contributed by atoms with Crippen molar-refractivity contribution >= 4 is 5.97 Å². The Morgan fingerprint density at radius 1 is 0.407 bits per heavy atom. The smallest absolute Gasteiger partial charge is 0.306 e. The van der Waals surface area contributed by atoms with Crippen molar-refractivity contribution in [1.82, 2.24) is 0 Å². The molecule has 2 saturated heterocycles. The largest absolute Gasteiger partial charge is 0.457 e. The van der Waals surface area contributed by atoms with E-state index in [4.69, 9.17) is 28.4 Å². The maximum atomic E-state index is 13.1. The van der Waals surface area contributed by atoms with E-state index in [0.717, 1.165) is 57.8 Å². The number of allylic oxidation sites excluding steroid dienone is 6. The van der Waals surface area contributed by atoms with Crippen molar-refractivity contribution in [2.24, 2.45) is 0 Å². The van der Waals surface area contributed by atoms with E-state index in [-0.39, 0.29) is 25.6 Å². The van der Waals surface area contributed by atoms with Gasteiger partial charge in [0, 0.05) is 13.0 Å². The van der Waals surface area contributed by atoms with Gasteiger partial charge < -0.3 is 64.2 Å². The molecule has 0 radical (unpaired) electrons. The first kappa shape index (κ1) is 75.3. The minimum absolute atomic E-state index is 0.0641. The van der Waals surface area contributed by atoms with Crippen LogP contribution in [-0.4, -0.2) is 142 Å². The van der Waals surface area contributed by atoms with Crippen LogP contribution in [0, 0.1) is 0 Å². The minimum atomic E-state index is -1.71. The maximum Gasteiger partial charge on any atom is 0.306 e. The van der Waals surface area contributed by atoms with Crippen LogP contribution in [0.15, 0.2) is 36.5 Å². The highest BCUT2D eigenvalue weighted by Gasteiger charge is 2.47. The number of carbonyl (C=O) groups is 1. The van der Waals surface area contributed by atoms with Crippen LogP contribution in [-0.2, 0) is 33.2 Å². The Bertz CT molecular complexity index is 1480. The Hall–Kier alpha value is -1.79. The maximum absolute atomic E-state index is 13.1. The molecule has 2 aliphatic heterocycles. The Labute approximate surface area is 493 Å². The highest BCUT2D eigenvalue weighted by atomic mass is 16.7. The Kier molecular flexibility index (Phi) is 49.9. The van der Waals surface area contributed by atoms with Crippen molar-refractivity contribution in [2.75, 3.05) is 33.0 Å². The molecule has 0 amide bonds. The average Bonchev–Trinajstić information content (AvgIpc) is 3.46. The van der Waals surface area contributed by atoms with Gasteiger partial charge in [-0.2, -0.15) is 0 Å². The topological polar surface area (TPSA) is 214 Å². The van der Waals surface area contributed by atoms with E-state index in [2.05, 4.69) is 50.3 Å². The molecule has 476 valence electrons. The van der Waals surface area contributed by atoms with Crippen LogP contribution < -0.4 is 0 Å². The van der Waals surface area contributed by atoms with Gasteiger partial charge in [-0.15, -0.1) is 0 Å². The van der Waals surface area contributed by atoms with Gasteiger partial charge in [-0.05, 0) is 51.4 Å². The zero-order valence-electron chi connectivity index (χ0n) is 51.5. The molecular weight excluding hydrogens is 1030 g/mol. The van der Waals surface area contributed by atoms with Gasteiger partial charge in [0.05, 0.1) is 26.4 Å². The molecule has 14 nitrogen and oxygen atoms in total. The second kappa shape index (κ2) is 53.7. The van der Waals surface area contributed by atoms with Crippen molar-refractivity contribution < 1.29 is 69.0 Å². The number of esters is 1. The summed E-state index contributed by atoms with van der Waals surface area (Å²) in [5.74, 6) is -0.374. The zero-order valence-corrected chi connectivity index (χ0v) is 51.5. The molecule has 0 spiro atoms. The fourth-order valence-electron chi connectivity index (χ4n) is 10.8. The highest BCUT2D eigenvalue weighted by Crippen LogP contribution is 2.27. The second-order valence-corrected chi connectivity index (χ2v) is 23.7. The van der Waals surface area contributed by atoms with Crippen molar-refractivity contribution in [3.05, 3.63) is 36.5 Å². The van der Waals surface area contributed by atoms with Crippen LogP contribution in [0.4, 0.5) is 0 Å². The van der Waals surface area contributed by atoms with Crippen molar-refractivity contribution in [3.63, 3.8) is 0 Å². The zero-order chi connectivity index (χ0) is 58.6. The van der Waals surface area contributed by atoms with E-state index in [1.807, 2.05) is 0 Å². The first-order valence-corrected chi connectivity index (χ1v) is 33.6. The number of hydrogen-bond donors (Lipinski definition) is 7. The summed E-state index contributed by atoms with van der Waals surface area (Å²) in [6.07, 6.45) is 49.2. The molecule has 2 heterocycles. The van der Waals surface area contributed by atoms with Crippen molar-refractivity contribution in [3.8, 4) is 0 Å². The quantitative estimate of drug-likeness (QED) is 0.0171. The van der Waals surface area contributed by atoms with Crippen molar-refractivity contribution in [1.29, 1.82) is 0 Å². The van der Waals surface area contributed by atoms with Crippen LogP contribution in [0.5, 0.6) is 0 Å². The molecule has 2 rings (SSSR count). The lowest BCUT2D eigenvalue weighted by molar-refractivity contribution is -0.332. The molecule has 2 aliphatic rings. The molecule has 14 heteroatoms. The van der Waals surface area contributed by atoms with E-state index < -0.39 is 80.7 Å². The summed E-state index contributed by atoms with van der Waals surface area (Å²) in [4.78, 5) is 13.1. The molecule has 0 saturated carbocycles. The van der Waals surface area contributed by atoms with E-state index in [0.29, 0.717) is 13.0 Å². The second-order valence-electron chi connectivity index (χ2n) is 23.7. The van der Waals surface area contributed by atoms with Crippen LogP contribution in [0.1, 0.15) is 284 Å². The first-order chi connectivity index (χ1) is 39.6. The van der Waals surface area contributed by atoms with Gasteiger partial charge in [0.2, 0.25) is 0 Å². The number of aliphatic hydroxyl groups is 7. The molecule has 0 aromatic carbocycles. The van der Waals surface area contributed by atoms with Crippen molar-refractivity contribution in [2.45, 2.75) is 351 Å². The summed E-state index contributed by atoms with van der Waals surface area (Å²) in [6, 6.07) is 0. The third-order valence-corrected chi connectivity index (χ3v) is 16.2. The molecule has 0 aliphatic carbocycles. The summed E-state index contributed by atoms with van der Waals surface area (Å²) in [5.41, 5.74) is 0. The summed E-state index contributed by atoms with van der Waals surface area (Å²) in [7, 11) is 0. The Balaban J connectivity index is 1.66.